The number of hydrogen-bond acceptors (Lipinski definition) is 3. The molecule has 1 nitrogen and oxygen atoms in total. The topological polar surface area (TPSA) is 20.2 Å². The van der Waals surface area contributed by atoms with Gasteiger partial charge in [0, 0.05) is 4.70 Å². The number of hydrogen-bond donors (Lipinski definition) is 1. The van der Waals surface area contributed by atoms with E-state index < -0.39 is 0 Å². The molecule has 1 aromatic carbocycles. The van der Waals surface area contributed by atoms with Crippen molar-refractivity contribution in [3.63, 3.8) is 0 Å². The molecule has 0 radical (unpaired) electrons. The lowest BCUT2D eigenvalue weighted by Crippen LogP contribution is -1.71. The zero-order chi connectivity index (χ0) is 9.42. The largest absolute Gasteiger partial charge is 0.507 e. The third-order valence-corrected chi connectivity index (χ3v) is 3.44. The number of fused-ring (bicyclic) bond motifs is 1. The van der Waals surface area contributed by atoms with Gasteiger partial charge in [-0.3, -0.25) is 0 Å². The van der Waals surface area contributed by atoms with Crippen LogP contribution >= 0.6 is 23.1 Å². The third-order valence-electron chi connectivity index (χ3n) is 1.79. The molecule has 2 aromatic rings. The normalized spacial score (nSPS) is 10.9. The molecule has 0 fully saturated rings. The number of halogens is 1. The van der Waals surface area contributed by atoms with Gasteiger partial charge in [0.2, 0.25) is 0 Å². The Labute approximate surface area is 83.2 Å². The summed E-state index contributed by atoms with van der Waals surface area (Å²) in [5.41, 5.74) is 0. The molecule has 0 aliphatic carbocycles. The zero-order valence-corrected chi connectivity index (χ0v) is 8.51. The van der Waals surface area contributed by atoms with Crippen molar-refractivity contribution in [3.8, 4) is 5.75 Å². The van der Waals surface area contributed by atoms with Crippen molar-refractivity contribution in [2.75, 3.05) is 6.26 Å². The van der Waals surface area contributed by atoms with Gasteiger partial charge in [-0.25, -0.2) is 0 Å². The molecular weight excluding hydrogens is 207 g/mol. The molecule has 2 rings (SSSR count). The lowest BCUT2D eigenvalue weighted by atomic mass is 10.2. The van der Waals surface area contributed by atoms with E-state index in [1.54, 1.807) is 6.07 Å². The Morgan fingerprint density at radius 2 is 2.15 bits per heavy atom. The average molecular weight is 214 g/mol. The van der Waals surface area contributed by atoms with Gasteiger partial charge in [-0.2, -0.15) is 4.39 Å². The maximum Gasteiger partial charge on any atom is 0.177 e. The molecule has 0 atom stereocenters. The second-order valence-electron chi connectivity index (χ2n) is 2.61. The van der Waals surface area contributed by atoms with Gasteiger partial charge < -0.3 is 5.11 Å². The SMILES string of the molecule is CSc1cc2sc(F)cc2cc1O. The van der Waals surface area contributed by atoms with E-state index in [1.807, 2.05) is 12.3 Å². The van der Waals surface area contributed by atoms with Gasteiger partial charge in [0.15, 0.2) is 5.13 Å². The second-order valence-corrected chi connectivity index (χ2v) is 4.49. The van der Waals surface area contributed by atoms with Crippen LogP contribution in [0.5, 0.6) is 5.75 Å². The smallest absolute Gasteiger partial charge is 0.177 e. The molecular formula is C9H7FOS2. The van der Waals surface area contributed by atoms with Crippen LogP contribution in [0.1, 0.15) is 0 Å². The summed E-state index contributed by atoms with van der Waals surface area (Å²) in [6, 6.07) is 4.84. The Balaban J connectivity index is 2.72. The molecule has 0 spiro atoms. The van der Waals surface area contributed by atoms with E-state index >= 15 is 0 Å². The Hall–Kier alpha value is -0.740. The van der Waals surface area contributed by atoms with Crippen LogP contribution in [0.3, 0.4) is 0 Å². The third kappa shape index (κ3) is 1.51. The summed E-state index contributed by atoms with van der Waals surface area (Å²) in [7, 11) is 0. The first-order chi connectivity index (χ1) is 6.20. The molecule has 0 unspecified atom stereocenters. The van der Waals surface area contributed by atoms with Gasteiger partial charge in [-0.05, 0) is 29.8 Å². The molecule has 0 bridgehead atoms. The molecule has 0 saturated heterocycles. The minimum Gasteiger partial charge on any atom is -0.507 e. The van der Waals surface area contributed by atoms with Crippen molar-refractivity contribution >= 4 is 33.2 Å². The Morgan fingerprint density at radius 1 is 1.38 bits per heavy atom. The van der Waals surface area contributed by atoms with Crippen LogP contribution in [0.2, 0.25) is 0 Å². The van der Waals surface area contributed by atoms with Crippen molar-refractivity contribution in [1.29, 1.82) is 0 Å². The highest BCUT2D eigenvalue weighted by atomic mass is 32.2. The van der Waals surface area contributed by atoms with Crippen molar-refractivity contribution in [3.05, 3.63) is 23.3 Å². The maximum absolute atomic E-state index is 12.8. The predicted octanol–water partition coefficient (Wildman–Crippen LogP) is 3.47. The number of thioether (sulfide) groups is 1. The van der Waals surface area contributed by atoms with Gasteiger partial charge in [-0.15, -0.1) is 23.1 Å². The molecule has 0 aliphatic heterocycles. The van der Waals surface area contributed by atoms with Crippen molar-refractivity contribution < 1.29 is 9.50 Å². The Bertz CT molecular complexity index is 450. The highest BCUT2D eigenvalue weighted by Crippen LogP contribution is 2.34. The first-order valence-corrected chi connectivity index (χ1v) is 5.71. The van der Waals surface area contributed by atoms with Gasteiger partial charge in [0.25, 0.3) is 0 Å². The fourth-order valence-corrected chi connectivity index (χ4v) is 2.57. The fourth-order valence-electron chi connectivity index (χ4n) is 1.19. The lowest BCUT2D eigenvalue weighted by molar-refractivity contribution is 0.463. The summed E-state index contributed by atoms with van der Waals surface area (Å²) in [6.07, 6.45) is 1.88. The number of phenolic OH excluding ortho intramolecular Hbond substituents is 1. The number of aromatic hydroxyl groups is 1. The second kappa shape index (κ2) is 3.20. The van der Waals surface area contributed by atoms with E-state index in [1.165, 1.54) is 17.8 Å². The van der Waals surface area contributed by atoms with Crippen molar-refractivity contribution in [2.24, 2.45) is 0 Å². The molecule has 68 valence electrons. The van der Waals surface area contributed by atoms with E-state index in [0.717, 1.165) is 26.3 Å². The molecule has 0 saturated carbocycles. The average Bonchev–Trinajstić information content (AvgIpc) is 2.42. The first kappa shape index (κ1) is 8.84. The molecule has 0 amide bonds. The maximum atomic E-state index is 12.8. The summed E-state index contributed by atoms with van der Waals surface area (Å²) in [5, 5.41) is 10.0. The first-order valence-electron chi connectivity index (χ1n) is 3.67. The zero-order valence-electron chi connectivity index (χ0n) is 6.87. The van der Waals surface area contributed by atoms with E-state index in [-0.39, 0.29) is 10.9 Å². The van der Waals surface area contributed by atoms with Gasteiger partial charge in [-0.1, -0.05) is 0 Å². The molecule has 1 heterocycles. The van der Waals surface area contributed by atoms with Crippen molar-refractivity contribution in [1.82, 2.24) is 0 Å². The summed E-state index contributed by atoms with van der Waals surface area (Å²) in [5.74, 6) is 0.220. The van der Waals surface area contributed by atoms with Crippen LogP contribution < -0.4 is 0 Å². The molecule has 4 heteroatoms. The summed E-state index contributed by atoms with van der Waals surface area (Å²) in [6.45, 7) is 0. The number of benzene rings is 1. The van der Waals surface area contributed by atoms with Gasteiger partial charge in [0.1, 0.15) is 5.75 Å². The van der Waals surface area contributed by atoms with Gasteiger partial charge in [0.05, 0.1) is 4.90 Å². The highest BCUT2D eigenvalue weighted by Gasteiger charge is 2.06. The van der Waals surface area contributed by atoms with E-state index in [9.17, 15) is 9.50 Å². The Kier molecular flexibility index (Phi) is 2.17. The number of thiophene rings is 1. The van der Waals surface area contributed by atoms with E-state index in [0.29, 0.717) is 0 Å². The minimum absolute atomic E-state index is 0.215. The van der Waals surface area contributed by atoms with Gasteiger partial charge >= 0.3 is 0 Å². The van der Waals surface area contributed by atoms with Crippen LogP contribution in [0.25, 0.3) is 10.1 Å². The minimum atomic E-state index is -0.215. The lowest BCUT2D eigenvalue weighted by Gasteiger charge is -1.99. The number of phenols is 1. The highest BCUT2D eigenvalue weighted by molar-refractivity contribution is 7.98. The van der Waals surface area contributed by atoms with E-state index in [4.69, 9.17) is 0 Å². The van der Waals surface area contributed by atoms with Crippen LogP contribution in [0.4, 0.5) is 4.39 Å². The van der Waals surface area contributed by atoms with Crippen molar-refractivity contribution in [2.45, 2.75) is 4.90 Å². The summed E-state index contributed by atoms with van der Waals surface area (Å²) < 4.78 is 13.7. The Morgan fingerprint density at radius 3 is 2.85 bits per heavy atom. The van der Waals surface area contributed by atoms with Crippen LogP contribution in [0, 0.1) is 5.13 Å². The summed E-state index contributed by atoms with van der Waals surface area (Å²) >= 11 is 2.55. The molecule has 0 aliphatic rings. The summed E-state index contributed by atoms with van der Waals surface area (Å²) in [4.78, 5) is 0.786. The fraction of sp³-hybridized carbons (Fsp3) is 0.111. The predicted molar refractivity (Wildman–Crippen MR) is 55.2 cm³/mol. The monoisotopic (exact) mass is 214 g/mol. The number of rotatable bonds is 1. The van der Waals surface area contributed by atoms with Crippen LogP contribution in [-0.2, 0) is 0 Å². The molecule has 13 heavy (non-hydrogen) atoms. The van der Waals surface area contributed by atoms with E-state index in [2.05, 4.69) is 0 Å². The quantitative estimate of drug-likeness (QED) is 0.733. The molecule has 1 aromatic heterocycles. The van der Waals surface area contributed by atoms with Crippen LogP contribution in [0.15, 0.2) is 23.1 Å². The molecule has 1 N–H and O–H groups in total. The standard InChI is InChI=1S/C9H7FOS2/c1-12-8-4-7-5(2-6(8)11)3-9(10)13-7/h2-4,11H,1H3. The van der Waals surface area contributed by atoms with Crippen LogP contribution in [-0.4, -0.2) is 11.4 Å².